The second kappa shape index (κ2) is 7.57. The number of aryl methyl sites for hydroxylation is 1. The van der Waals surface area contributed by atoms with Crippen molar-refractivity contribution in [2.75, 3.05) is 26.8 Å². The zero-order valence-electron chi connectivity index (χ0n) is 13.2. The summed E-state index contributed by atoms with van der Waals surface area (Å²) in [6.07, 6.45) is 2.76. The van der Waals surface area contributed by atoms with Gasteiger partial charge < -0.3 is 14.8 Å². The van der Waals surface area contributed by atoms with Crippen molar-refractivity contribution in [3.63, 3.8) is 0 Å². The van der Waals surface area contributed by atoms with Crippen molar-refractivity contribution < 1.29 is 14.3 Å². The number of rotatable bonds is 6. The second-order valence-electron chi connectivity index (χ2n) is 5.58. The average molecular weight is 291 g/mol. The average Bonchev–Trinajstić information content (AvgIpc) is 2.50. The van der Waals surface area contributed by atoms with Gasteiger partial charge in [-0.2, -0.15) is 0 Å². The van der Waals surface area contributed by atoms with Crippen LogP contribution in [-0.2, 0) is 4.74 Å². The number of hydrogen-bond donors (Lipinski definition) is 1. The summed E-state index contributed by atoms with van der Waals surface area (Å²) in [5, 5.41) is 3.30. The fourth-order valence-electron chi connectivity index (χ4n) is 2.69. The summed E-state index contributed by atoms with van der Waals surface area (Å²) in [5.74, 6) is 0.783. The quantitative estimate of drug-likeness (QED) is 0.819. The SMILES string of the molecule is COc1c(C(=O)CCOC2CCNCC2)ccc(C)c1C. The third-order valence-corrected chi connectivity index (χ3v) is 4.15. The molecule has 1 fully saturated rings. The molecule has 1 aliphatic heterocycles. The van der Waals surface area contributed by atoms with Gasteiger partial charge in [0.25, 0.3) is 0 Å². The minimum absolute atomic E-state index is 0.0869. The summed E-state index contributed by atoms with van der Waals surface area (Å²) >= 11 is 0. The summed E-state index contributed by atoms with van der Waals surface area (Å²) in [6, 6.07) is 3.83. The summed E-state index contributed by atoms with van der Waals surface area (Å²) in [4.78, 5) is 12.4. The highest BCUT2D eigenvalue weighted by Gasteiger charge is 2.17. The van der Waals surface area contributed by atoms with Gasteiger partial charge in [-0.25, -0.2) is 0 Å². The van der Waals surface area contributed by atoms with Crippen LogP contribution in [0.5, 0.6) is 5.75 Å². The first-order valence-corrected chi connectivity index (χ1v) is 7.63. The maximum absolute atomic E-state index is 12.4. The molecular weight excluding hydrogens is 266 g/mol. The third-order valence-electron chi connectivity index (χ3n) is 4.15. The van der Waals surface area contributed by atoms with Crippen LogP contribution in [0.2, 0.25) is 0 Å². The Hall–Kier alpha value is -1.39. The van der Waals surface area contributed by atoms with Gasteiger partial charge in [0.2, 0.25) is 0 Å². The highest BCUT2D eigenvalue weighted by Crippen LogP contribution is 2.27. The summed E-state index contributed by atoms with van der Waals surface area (Å²) in [6.45, 7) is 6.50. The summed E-state index contributed by atoms with van der Waals surface area (Å²) < 4.78 is 11.2. The second-order valence-corrected chi connectivity index (χ2v) is 5.58. The van der Waals surface area contributed by atoms with E-state index in [1.165, 1.54) is 0 Å². The van der Waals surface area contributed by atoms with Gasteiger partial charge >= 0.3 is 0 Å². The van der Waals surface area contributed by atoms with Crippen molar-refractivity contribution in [1.82, 2.24) is 5.32 Å². The van der Waals surface area contributed by atoms with Crippen LogP contribution in [0.4, 0.5) is 0 Å². The summed E-state index contributed by atoms with van der Waals surface area (Å²) in [7, 11) is 1.62. The zero-order chi connectivity index (χ0) is 15.2. The van der Waals surface area contributed by atoms with E-state index in [1.54, 1.807) is 7.11 Å². The highest BCUT2D eigenvalue weighted by molar-refractivity contribution is 5.99. The van der Waals surface area contributed by atoms with Gasteiger partial charge in [-0.15, -0.1) is 0 Å². The number of ether oxygens (including phenoxy) is 2. The lowest BCUT2D eigenvalue weighted by molar-refractivity contribution is 0.0313. The Morgan fingerprint density at radius 2 is 2.00 bits per heavy atom. The lowest BCUT2D eigenvalue weighted by Crippen LogP contribution is -2.32. The molecule has 1 aromatic rings. The van der Waals surface area contributed by atoms with Crippen molar-refractivity contribution in [2.24, 2.45) is 0 Å². The van der Waals surface area contributed by atoms with Crippen molar-refractivity contribution in [1.29, 1.82) is 0 Å². The Bertz CT molecular complexity index is 493. The van der Waals surface area contributed by atoms with E-state index in [0.717, 1.165) is 37.1 Å². The van der Waals surface area contributed by atoms with Gasteiger partial charge in [0, 0.05) is 6.42 Å². The van der Waals surface area contributed by atoms with E-state index in [2.05, 4.69) is 5.32 Å². The molecule has 0 atom stereocenters. The number of nitrogens with one attached hydrogen (secondary N) is 1. The minimum atomic E-state index is 0.0869. The molecule has 0 unspecified atom stereocenters. The Balaban J connectivity index is 1.92. The van der Waals surface area contributed by atoms with Crippen LogP contribution >= 0.6 is 0 Å². The molecule has 4 heteroatoms. The Labute approximate surface area is 126 Å². The van der Waals surface area contributed by atoms with E-state index in [-0.39, 0.29) is 5.78 Å². The molecular formula is C17H25NO3. The number of Topliss-reactive ketones (excluding diaryl/α,β-unsaturated/α-hetero) is 1. The number of piperidine rings is 1. The van der Waals surface area contributed by atoms with E-state index < -0.39 is 0 Å². The minimum Gasteiger partial charge on any atom is -0.496 e. The molecule has 1 aliphatic rings. The van der Waals surface area contributed by atoms with Crippen LogP contribution in [0, 0.1) is 13.8 Å². The molecule has 0 radical (unpaired) electrons. The van der Waals surface area contributed by atoms with Crippen LogP contribution < -0.4 is 10.1 Å². The van der Waals surface area contributed by atoms with Crippen LogP contribution in [0.15, 0.2) is 12.1 Å². The van der Waals surface area contributed by atoms with Gasteiger partial charge in [-0.05, 0) is 57.0 Å². The molecule has 0 saturated carbocycles. The Morgan fingerprint density at radius 3 is 2.67 bits per heavy atom. The maximum Gasteiger partial charge on any atom is 0.168 e. The van der Waals surface area contributed by atoms with Crippen LogP contribution in [0.1, 0.15) is 40.7 Å². The van der Waals surface area contributed by atoms with Crippen LogP contribution in [0.3, 0.4) is 0 Å². The van der Waals surface area contributed by atoms with Gasteiger partial charge in [-0.1, -0.05) is 6.07 Å². The van der Waals surface area contributed by atoms with Crippen LogP contribution in [-0.4, -0.2) is 38.7 Å². The number of methoxy groups -OCH3 is 1. The molecule has 1 aromatic carbocycles. The topological polar surface area (TPSA) is 47.6 Å². The molecule has 0 amide bonds. The number of hydrogen-bond acceptors (Lipinski definition) is 4. The van der Waals surface area contributed by atoms with Gasteiger partial charge in [-0.3, -0.25) is 4.79 Å². The van der Waals surface area contributed by atoms with E-state index in [9.17, 15) is 4.79 Å². The standard InChI is InChI=1S/C17H25NO3/c1-12-4-5-15(17(20-3)13(12)2)16(19)8-11-21-14-6-9-18-10-7-14/h4-5,14,18H,6-11H2,1-3H3. The number of carbonyl (C=O) groups excluding carboxylic acids is 1. The first-order valence-electron chi connectivity index (χ1n) is 7.63. The fraction of sp³-hybridized carbons (Fsp3) is 0.588. The zero-order valence-corrected chi connectivity index (χ0v) is 13.2. The molecule has 1 saturated heterocycles. The smallest absolute Gasteiger partial charge is 0.168 e. The molecule has 0 spiro atoms. The highest BCUT2D eigenvalue weighted by atomic mass is 16.5. The van der Waals surface area contributed by atoms with Crippen molar-refractivity contribution in [3.05, 3.63) is 28.8 Å². The van der Waals surface area contributed by atoms with Gasteiger partial charge in [0.15, 0.2) is 5.78 Å². The molecule has 4 nitrogen and oxygen atoms in total. The Morgan fingerprint density at radius 1 is 1.29 bits per heavy atom. The van der Waals surface area contributed by atoms with E-state index in [1.807, 2.05) is 26.0 Å². The van der Waals surface area contributed by atoms with E-state index >= 15 is 0 Å². The number of carbonyl (C=O) groups is 1. The maximum atomic E-state index is 12.4. The van der Waals surface area contributed by atoms with E-state index in [0.29, 0.717) is 30.4 Å². The molecule has 21 heavy (non-hydrogen) atoms. The first-order chi connectivity index (χ1) is 10.1. The largest absolute Gasteiger partial charge is 0.496 e. The predicted octanol–water partition coefficient (Wildman–Crippen LogP) is 2.65. The number of benzene rings is 1. The lowest BCUT2D eigenvalue weighted by atomic mass is 10.0. The molecule has 116 valence electrons. The first kappa shape index (κ1) is 16.0. The fourth-order valence-corrected chi connectivity index (χ4v) is 2.69. The molecule has 2 rings (SSSR count). The van der Waals surface area contributed by atoms with Crippen molar-refractivity contribution in [2.45, 2.75) is 39.2 Å². The molecule has 1 heterocycles. The molecule has 0 aliphatic carbocycles. The molecule has 1 N–H and O–H groups in total. The van der Waals surface area contributed by atoms with Gasteiger partial charge in [0.1, 0.15) is 5.75 Å². The van der Waals surface area contributed by atoms with Crippen molar-refractivity contribution in [3.8, 4) is 5.75 Å². The third kappa shape index (κ3) is 4.05. The normalized spacial score (nSPS) is 16.0. The lowest BCUT2D eigenvalue weighted by Gasteiger charge is -2.22. The summed E-state index contributed by atoms with van der Waals surface area (Å²) in [5.41, 5.74) is 2.83. The predicted molar refractivity (Wildman–Crippen MR) is 83.3 cm³/mol. The van der Waals surface area contributed by atoms with E-state index in [4.69, 9.17) is 9.47 Å². The Kier molecular flexibility index (Phi) is 5.76. The van der Waals surface area contributed by atoms with Gasteiger partial charge in [0.05, 0.1) is 25.4 Å². The monoisotopic (exact) mass is 291 g/mol. The van der Waals surface area contributed by atoms with Crippen LogP contribution in [0.25, 0.3) is 0 Å². The number of ketones is 1. The molecule has 0 aromatic heterocycles. The van der Waals surface area contributed by atoms with Crippen molar-refractivity contribution >= 4 is 5.78 Å². The molecule has 0 bridgehead atoms.